The molecule has 5 rings (SSSR count). The van der Waals surface area contributed by atoms with Crippen molar-refractivity contribution < 1.29 is 68.8 Å². The third-order valence-electron chi connectivity index (χ3n) is 6.74. The van der Waals surface area contributed by atoms with E-state index in [-0.39, 0.29) is 23.3 Å². The predicted octanol–water partition coefficient (Wildman–Crippen LogP) is 9.99. The van der Waals surface area contributed by atoms with Crippen LogP contribution in [0, 0.1) is 0 Å². The van der Waals surface area contributed by atoms with E-state index in [4.69, 9.17) is 62.1 Å². The van der Waals surface area contributed by atoms with Gasteiger partial charge in [-0.15, -0.1) is 11.6 Å². The number of carbonyl (C=O) groups is 2. The molecule has 57 heavy (non-hydrogen) atoms. The van der Waals surface area contributed by atoms with Crippen LogP contribution in [-0.4, -0.2) is 53.0 Å². The first-order chi connectivity index (χ1) is 26.6. The zero-order valence-corrected chi connectivity index (χ0v) is 36.2. The Morgan fingerprint density at radius 1 is 0.684 bits per heavy atom. The third kappa shape index (κ3) is 18.4. The number of alkyl halides is 7. The van der Waals surface area contributed by atoms with Crippen molar-refractivity contribution in [2.24, 2.45) is 0 Å². The summed E-state index contributed by atoms with van der Waals surface area (Å²) in [5.41, 5.74) is -1.90. The van der Waals surface area contributed by atoms with Gasteiger partial charge in [-0.2, -0.15) is 26.3 Å². The predicted molar refractivity (Wildman–Crippen MR) is 206 cm³/mol. The van der Waals surface area contributed by atoms with Crippen LogP contribution in [0.15, 0.2) is 103 Å². The van der Waals surface area contributed by atoms with Gasteiger partial charge in [0.05, 0.1) is 38.1 Å². The Balaban J connectivity index is 0.000000299. The van der Waals surface area contributed by atoms with Crippen molar-refractivity contribution in [2.45, 2.75) is 25.8 Å². The molecule has 0 saturated heterocycles. The van der Waals surface area contributed by atoms with E-state index in [1.165, 1.54) is 54.1 Å². The minimum absolute atomic E-state index is 0.255. The summed E-state index contributed by atoms with van der Waals surface area (Å²) in [6.07, 6.45) is -7.73. The first kappa shape index (κ1) is 49.8. The first-order valence-corrected chi connectivity index (χ1v) is 22.7. The number of nitrogens with zero attached hydrogens (tertiary/aromatic N) is 3. The van der Waals surface area contributed by atoms with E-state index in [1.807, 2.05) is 0 Å². The number of halogens is 12. The number of quaternary nitrogens is 1. The van der Waals surface area contributed by atoms with Crippen LogP contribution < -0.4 is 28.4 Å². The van der Waals surface area contributed by atoms with Gasteiger partial charge in [0.1, 0.15) is 18.0 Å². The molecule has 0 bridgehead atoms. The topological polar surface area (TPSA) is 78.4 Å². The van der Waals surface area contributed by atoms with Crippen molar-refractivity contribution >= 4 is 64.2 Å². The number of hydrogen-bond acceptors (Lipinski definition) is 6. The fourth-order valence-electron chi connectivity index (χ4n) is 4.41. The zero-order chi connectivity index (χ0) is 43.0. The molecular formula is C38H33Cl5F6IN3O4. The maximum Gasteiger partial charge on any atom is 0.417 e. The molecule has 0 fully saturated rings. The van der Waals surface area contributed by atoms with E-state index in [0.29, 0.717) is 22.2 Å². The summed E-state index contributed by atoms with van der Waals surface area (Å²) in [7, 11) is 16.4. The molecule has 0 spiro atoms. The Bertz CT molecular complexity index is 2040. The normalized spacial score (nSPS) is 11.1. The third-order valence-corrected chi connectivity index (χ3v) is 7.49. The maximum atomic E-state index is 13.0. The van der Waals surface area contributed by atoms with Gasteiger partial charge in [0.15, 0.2) is 11.6 Å². The maximum absolute atomic E-state index is 13.0. The van der Waals surface area contributed by atoms with E-state index < -0.39 is 71.0 Å². The summed E-state index contributed by atoms with van der Waals surface area (Å²) in [5.74, 6) is -2.14. The number of pyridine rings is 2. The summed E-state index contributed by atoms with van der Waals surface area (Å²) in [6, 6.07) is 24.0. The van der Waals surface area contributed by atoms with Gasteiger partial charge in [0.2, 0.25) is 11.8 Å². The second-order valence-electron chi connectivity index (χ2n) is 12.3. The molecular weight excluding hydrogens is 981 g/mol. The smallest absolute Gasteiger partial charge is 0.417 e. The molecule has 0 N–H and O–H groups in total. The van der Waals surface area contributed by atoms with Gasteiger partial charge in [-0.25, -0.2) is 9.97 Å². The number of hydrogen-bond donors (Lipinski definition) is 0. The molecule has 0 amide bonds. The molecule has 0 unspecified atom stereocenters. The van der Waals surface area contributed by atoms with Crippen LogP contribution in [0.25, 0.3) is 0 Å². The van der Waals surface area contributed by atoms with E-state index in [9.17, 15) is 35.9 Å². The van der Waals surface area contributed by atoms with Gasteiger partial charge in [-0.3, -0.25) is 9.59 Å². The number of benzene rings is 3. The van der Waals surface area contributed by atoms with E-state index in [1.54, 1.807) is 0 Å². The Morgan fingerprint density at radius 3 is 1.42 bits per heavy atom. The van der Waals surface area contributed by atoms with Gasteiger partial charge < -0.3 is 14.0 Å². The molecule has 2 aromatic heterocycles. The Labute approximate surface area is 358 Å². The Kier molecular flexibility index (Phi) is 20.3. The monoisotopic (exact) mass is 1010 g/mol. The van der Waals surface area contributed by atoms with Gasteiger partial charge in [-0.05, 0) is 55.5 Å². The van der Waals surface area contributed by atoms with E-state index >= 15 is 0 Å². The van der Waals surface area contributed by atoms with Crippen molar-refractivity contribution in [3.05, 3.63) is 141 Å². The number of rotatable bonds is 9. The molecule has 19 heteroatoms. The quantitative estimate of drug-likeness (QED) is 0.0482. The van der Waals surface area contributed by atoms with Crippen LogP contribution in [0.1, 0.15) is 44.3 Å². The molecule has 0 saturated carbocycles. The van der Waals surface area contributed by atoms with E-state index in [0.717, 1.165) is 30.3 Å². The summed E-state index contributed by atoms with van der Waals surface area (Å²) in [4.78, 5) is 30.1. The van der Waals surface area contributed by atoms with Gasteiger partial charge in [0, 0.05) is 51.3 Å². The molecule has 0 radical (unpaired) electrons. The van der Waals surface area contributed by atoms with Crippen LogP contribution >= 0.6 is 52.6 Å². The molecule has 2 heterocycles. The summed E-state index contributed by atoms with van der Waals surface area (Å²) in [6.45, 7) is 2.15. The van der Waals surface area contributed by atoms with Crippen LogP contribution in [-0.2, 0) is 18.9 Å². The molecule has 7 nitrogen and oxygen atoms in total. The van der Waals surface area contributed by atoms with Crippen molar-refractivity contribution in [2.75, 3.05) is 27.0 Å². The van der Waals surface area contributed by atoms with Gasteiger partial charge >= 0.3 is 49.1 Å². The molecule has 0 atom stereocenters. The second-order valence-corrected chi connectivity index (χ2v) is 16.7. The minimum Gasteiger partial charge on any atom is -0.439 e. The van der Waals surface area contributed by atoms with Crippen LogP contribution in [0.3, 0.4) is 0 Å². The molecule has 0 aliphatic rings. The summed E-state index contributed by atoms with van der Waals surface area (Å²) in [5, 5.41) is 0.928. The number of ketones is 2. The van der Waals surface area contributed by atoms with E-state index in [2.05, 4.69) is 61.4 Å². The largest absolute Gasteiger partial charge is 0.439 e. The van der Waals surface area contributed by atoms with Crippen molar-refractivity contribution in [3.63, 3.8) is 0 Å². The average molecular weight is 1010 g/mol. The molecule has 3 aromatic carbocycles. The zero-order valence-electron chi connectivity index (χ0n) is 30.2. The SMILES string of the molecule is CC(=O)c1cnc(Oc2ccc(Cl)cc2)cc1C(F)(F)F.C[N+](C)(C)Cc1ccccc1.Cl[I-]Cl.O=C(CCl)c1cnc(Oc2ccc(Cl)cc2)cc1C(F)(F)F. The number of carbonyl (C=O) groups excluding carboxylic acids is 2. The summed E-state index contributed by atoms with van der Waals surface area (Å²) >= 11 is 16.2. The van der Waals surface area contributed by atoms with Crippen LogP contribution in [0.4, 0.5) is 26.3 Å². The van der Waals surface area contributed by atoms with Crippen molar-refractivity contribution in [3.8, 4) is 23.3 Å². The molecule has 0 aliphatic carbocycles. The molecule has 5 aromatic rings. The molecule has 0 aliphatic heterocycles. The fraction of sp³-hybridized carbons (Fsp3) is 0.211. The fourth-order valence-corrected chi connectivity index (χ4v) is 4.80. The number of ether oxygens (including phenoxy) is 2. The number of Topliss-reactive ketones (excluding diaryl/α,β-unsaturated/α-hetero) is 2. The van der Waals surface area contributed by atoms with Gasteiger partial charge in [-0.1, -0.05) is 53.5 Å². The number of aromatic nitrogens is 2. The first-order valence-electron chi connectivity index (χ1n) is 15.9. The van der Waals surface area contributed by atoms with Crippen molar-refractivity contribution in [1.29, 1.82) is 0 Å². The second kappa shape index (κ2) is 23.3. The Hall–Kier alpha value is -3.38. The average Bonchev–Trinajstić information content (AvgIpc) is 3.13. The minimum atomic E-state index is -4.72. The van der Waals surface area contributed by atoms with Crippen LogP contribution in [0.2, 0.25) is 10.0 Å². The van der Waals surface area contributed by atoms with Crippen LogP contribution in [0.5, 0.6) is 23.3 Å². The summed E-state index contributed by atoms with van der Waals surface area (Å²) < 4.78 is 89.3. The molecule has 308 valence electrons. The van der Waals surface area contributed by atoms with Crippen molar-refractivity contribution in [1.82, 2.24) is 9.97 Å². The standard InChI is InChI=1S/C14H8Cl2F3NO2.C14H9ClF3NO2.C10H16N.Cl2I/c15-6-12(21)10-7-20-13(5-11(10)14(17,18)19)22-9-3-1-8(16)2-4-9;1-8(20)11-7-19-13(6-12(11)14(16,17)18)21-10-4-2-9(15)3-5-10;1-11(2,3)9-10-7-5-4-6-8-10;1-3-2/h1-5,7H,6H2;2-7H,1H3;4-8H,9H2,1-3H3;/q;;+1;-1. The Morgan fingerprint density at radius 2 is 1.07 bits per heavy atom. The van der Waals surface area contributed by atoms with Gasteiger partial charge in [0.25, 0.3) is 0 Å².